The van der Waals surface area contributed by atoms with Gasteiger partial charge in [0, 0.05) is 49.6 Å². The van der Waals surface area contributed by atoms with Gasteiger partial charge in [-0.05, 0) is 32.9 Å². The zero-order chi connectivity index (χ0) is 19.4. The predicted molar refractivity (Wildman–Crippen MR) is 102 cm³/mol. The molecule has 0 fully saturated rings. The SMILES string of the molecule is CCOC(=O)c1cn(CC)c2cc(C(=O)C=C(C)N(C)C)ccc2c1=O. The molecule has 0 saturated carbocycles. The zero-order valence-electron chi connectivity index (χ0n) is 15.8. The molecular formula is C20H24N2O4. The molecule has 0 saturated heterocycles. The molecule has 1 aromatic heterocycles. The molecule has 0 N–H and O–H groups in total. The van der Waals surface area contributed by atoms with Gasteiger partial charge in [0.05, 0.1) is 12.1 Å². The van der Waals surface area contributed by atoms with Gasteiger partial charge in [-0.25, -0.2) is 4.79 Å². The Hall–Kier alpha value is -2.89. The van der Waals surface area contributed by atoms with Crippen LogP contribution in [0.5, 0.6) is 0 Å². The number of carbonyl (C=O) groups excluding carboxylic acids is 2. The molecule has 0 bridgehead atoms. The van der Waals surface area contributed by atoms with E-state index in [2.05, 4.69) is 0 Å². The topological polar surface area (TPSA) is 68.6 Å². The Bertz CT molecular complexity index is 939. The second-order valence-corrected chi connectivity index (χ2v) is 6.15. The van der Waals surface area contributed by atoms with Crippen LogP contribution in [-0.2, 0) is 11.3 Å². The third kappa shape index (κ3) is 3.85. The van der Waals surface area contributed by atoms with Crippen LogP contribution in [0.25, 0.3) is 10.9 Å². The van der Waals surface area contributed by atoms with Crippen molar-refractivity contribution in [3.8, 4) is 0 Å². The van der Waals surface area contributed by atoms with E-state index in [0.29, 0.717) is 23.0 Å². The Morgan fingerprint density at radius 3 is 2.50 bits per heavy atom. The van der Waals surface area contributed by atoms with Crippen molar-refractivity contribution in [2.75, 3.05) is 20.7 Å². The lowest BCUT2D eigenvalue weighted by atomic mass is 10.0. The van der Waals surface area contributed by atoms with Gasteiger partial charge in [-0.3, -0.25) is 9.59 Å². The number of nitrogens with zero attached hydrogens (tertiary/aromatic N) is 2. The van der Waals surface area contributed by atoms with Crippen molar-refractivity contribution in [2.24, 2.45) is 0 Å². The van der Waals surface area contributed by atoms with Gasteiger partial charge in [-0.15, -0.1) is 0 Å². The van der Waals surface area contributed by atoms with Crippen LogP contribution in [0.1, 0.15) is 41.5 Å². The average molecular weight is 356 g/mol. The lowest BCUT2D eigenvalue weighted by molar-refractivity contribution is 0.0524. The van der Waals surface area contributed by atoms with Crippen LogP contribution in [0.4, 0.5) is 0 Å². The van der Waals surface area contributed by atoms with Crippen LogP contribution in [0.2, 0.25) is 0 Å². The zero-order valence-corrected chi connectivity index (χ0v) is 15.8. The predicted octanol–water partition coefficient (Wildman–Crippen LogP) is 2.85. The van der Waals surface area contributed by atoms with E-state index in [4.69, 9.17) is 4.74 Å². The van der Waals surface area contributed by atoms with Crippen LogP contribution < -0.4 is 5.43 Å². The number of rotatable bonds is 6. The first-order valence-corrected chi connectivity index (χ1v) is 8.54. The lowest BCUT2D eigenvalue weighted by Gasteiger charge is -2.13. The first-order chi connectivity index (χ1) is 12.3. The number of fused-ring (bicyclic) bond motifs is 1. The third-order valence-electron chi connectivity index (χ3n) is 4.25. The van der Waals surface area contributed by atoms with E-state index in [9.17, 15) is 14.4 Å². The van der Waals surface area contributed by atoms with Crippen LogP contribution in [0.3, 0.4) is 0 Å². The number of hydrogen-bond donors (Lipinski definition) is 0. The van der Waals surface area contributed by atoms with E-state index < -0.39 is 5.97 Å². The molecule has 2 aromatic rings. The highest BCUT2D eigenvalue weighted by atomic mass is 16.5. The first-order valence-electron chi connectivity index (χ1n) is 8.54. The standard InChI is InChI=1S/C20H24N2O4/c1-6-22-12-16(20(25)26-7-2)19(24)15-9-8-14(11-17(15)22)18(23)10-13(3)21(4)5/h8-12H,6-7H2,1-5H3. The number of carbonyl (C=O) groups is 2. The summed E-state index contributed by atoms with van der Waals surface area (Å²) in [5, 5.41) is 0.391. The molecule has 0 aliphatic carbocycles. The number of allylic oxidation sites excluding steroid dienone is 2. The van der Waals surface area contributed by atoms with Gasteiger partial charge in [0.2, 0.25) is 5.43 Å². The fourth-order valence-corrected chi connectivity index (χ4v) is 2.56. The summed E-state index contributed by atoms with van der Waals surface area (Å²) in [7, 11) is 3.73. The van der Waals surface area contributed by atoms with Crippen molar-refractivity contribution in [3.05, 3.63) is 57.5 Å². The highest BCUT2D eigenvalue weighted by molar-refractivity contribution is 6.07. The Morgan fingerprint density at radius 2 is 1.92 bits per heavy atom. The first kappa shape index (κ1) is 19.4. The molecule has 0 spiro atoms. The number of hydrogen-bond acceptors (Lipinski definition) is 5. The maximum atomic E-state index is 12.6. The molecule has 26 heavy (non-hydrogen) atoms. The summed E-state index contributed by atoms with van der Waals surface area (Å²) in [6.07, 6.45) is 3.06. The second-order valence-electron chi connectivity index (χ2n) is 6.15. The minimum Gasteiger partial charge on any atom is -0.462 e. The summed E-state index contributed by atoms with van der Waals surface area (Å²) in [6.45, 7) is 6.20. The number of pyridine rings is 1. The van der Waals surface area contributed by atoms with Gasteiger partial charge >= 0.3 is 5.97 Å². The number of benzene rings is 1. The highest BCUT2D eigenvalue weighted by Crippen LogP contribution is 2.17. The van der Waals surface area contributed by atoms with Crippen molar-refractivity contribution in [1.82, 2.24) is 9.47 Å². The number of ether oxygens (including phenoxy) is 1. The van der Waals surface area contributed by atoms with Crippen LogP contribution >= 0.6 is 0 Å². The van der Waals surface area contributed by atoms with E-state index in [1.165, 1.54) is 6.20 Å². The lowest BCUT2D eigenvalue weighted by Crippen LogP contribution is -2.21. The van der Waals surface area contributed by atoms with Crippen LogP contribution in [-0.4, -0.2) is 41.9 Å². The Balaban J connectivity index is 2.61. The van der Waals surface area contributed by atoms with Crippen molar-refractivity contribution in [2.45, 2.75) is 27.3 Å². The molecule has 0 atom stereocenters. The smallest absolute Gasteiger partial charge is 0.343 e. The molecule has 0 amide bonds. The minimum absolute atomic E-state index is 0.00336. The maximum absolute atomic E-state index is 12.6. The normalized spacial score (nSPS) is 11.5. The van der Waals surface area contributed by atoms with E-state index >= 15 is 0 Å². The van der Waals surface area contributed by atoms with Gasteiger partial charge < -0.3 is 14.2 Å². The summed E-state index contributed by atoms with van der Waals surface area (Å²) in [6, 6.07) is 4.90. The molecule has 6 heteroatoms. The van der Waals surface area contributed by atoms with Crippen LogP contribution in [0, 0.1) is 0 Å². The molecule has 1 heterocycles. The van der Waals surface area contributed by atoms with Gasteiger partial charge in [0.15, 0.2) is 5.78 Å². The highest BCUT2D eigenvalue weighted by Gasteiger charge is 2.17. The largest absolute Gasteiger partial charge is 0.462 e. The number of aryl methyl sites for hydroxylation is 1. The molecular weight excluding hydrogens is 332 g/mol. The fourth-order valence-electron chi connectivity index (χ4n) is 2.56. The molecule has 0 unspecified atom stereocenters. The molecule has 0 radical (unpaired) electrons. The quantitative estimate of drug-likeness (QED) is 0.452. The second kappa shape index (κ2) is 7.99. The Morgan fingerprint density at radius 1 is 1.23 bits per heavy atom. The molecule has 0 aliphatic heterocycles. The van der Waals surface area contributed by atoms with Crippen molar-refractivity contribution >= 4 is 22.7 Å². The van der Waals surface area contributed by atoms with Crippen molar-refractivity contribution in [1.29, 1.82) is 0 Å². The Kier molecular flexibility index (Phi) is 5.97. The summed E-state index contributed by atoms with van der Waals surface area (Å²) in [5.74, 6) is -0.769. The fraction of sp³-hybridized carbons (Fsp3) is 0.350. The average Bonchev–Trinajstić information content (AvgIpc) is 2.61. The maximum Gasteiger partial charge on any atom is 0.343 e. The monoisotopic (exact) mass is 356 g/mol. The Labute approximate surface area is 152 Å². The number of ketones is 1. The van der Waals surface area contributed by atoms with Gasteiger partial charge in [0.25, 0.3) is 0 Å². The van der Waals surface area contributed by atoms with E-state index in [1.807, 2.05) is 32.8 Å². The summed E-state index contributed by atoms with van der Waals surface area (Å²) < 4.78 is 6.75. The van der Waals surface area contributed by atoms with Crippen LogP contribution in [0.15, 0.2) is 41.0 Å². The summed E-state index contributed by atoms with van der Waals surface area (Å²) in [5.41, 5.74) is 1.56. The molecule has 6 nitrogen and oxygen atoms in total. The molecule has 1 aromatic carbocycles. The minimum atomic E-state index is -0.633. The molecule has 138 valence electrons. The van der Waals surface area contributed by atoms with Crippen molar-refractivity contribution < 1.29 is 14.3 Å². The van der Waals surface area contributed by atoms with E-state index in [0.717, 1.165) is 5.70 Å². The van der Waals surface area contributed by atoms with Gasteiger partial charge in [-0.1, -0.05) is 6.07 Å². The van der Waals surface area contributed by atoms with Gasteiger partial charge in [0.1, 0.15) is 5.56 Å². The third-order valence-corrected chi connectivity index (χ3v) is 4.25. The summed E-state index contributed by atoms with van der Waals surface area (Å²) >= 11 is 0. The molecule has 0 aliphatic rings. The summed E-state index contributed by atoms with van der Waals surface area (Å²) in [4.78, 5) is 39.0. The number of aromatic nitrogens is 1. The van der Waals surface area contributed by atoms with E-state index in [-0.39, 0.29) is 23.4 Å². The molecule has 2 rings (SSSR count). The van der Waals surface area contributed by atoms with E-state index in [1.54, 1.807) is 35.8 Å². The van der Waals surface area contributed by atoms with Gasteiger partial charge in [-0.2, -0.15) is 0 Å². The number of esters is 1. The van der Waals surface area contributed by atoms with Crippen molar-refractivity contribution in [3.63, 3.8) is 0 Å².